The van der Waals surface area contributed by atoms with E-state index < -0.39 is 5.82 Å². The number of rotatable bonds is 5. The van der Waals surface area contributed by atoms with Crippen molar-refractivity contribution in [3.05, 3.63) is 40.8 Å². The van der Waals surface area contributed by atoms with Gasteiger partial charge in [0.2, 0.25) is 5.88 Å². The highest BCUT2D eigenvalue weighted by molar-refractivity contribution is 6.33. The van der Waals surface area contributed by atoms with Gasteiger partial charge in [0.25, 0.3) is 0 Å². The Bertz CT molecular complexity index is 1880. The molecular weight excluding hydrogens is 597 g/mol. The number of pyridine rings is 1. The van der Waals surface area contributed by atoms with Gasteiger partial charge in [0, 0.05) is 35.2 Å². The summed E-state index contributed by atoms with van der Waals surface area (Å²) in [5, 5.41) is 9.04. The van der Waals surface area contributed by atoms with Crippen LogP contribution >= 0.6 is 11.6 Å². The zero-order valence-corrected chi connectivity index (χ0v) is 26.0. The number of hydrogen-bond acceptors (Lipinski definition) is 9. The molecule has 234 valence electrons. The van der Waals surface area contributed by atoms with Crippen molar-refractivity contribution in [1.29, 1.82) is 0 Å². The van der Waals surface area contributed by atoms with Crippen molar-refractivity contribution < 1.29 is 18.6 Å². The van der Waals surface area contributed by atoms with Crippen molar-refractivity contribution in [3.63, 3.8) is 0 Å². The summed E-state index contributed by atoms with van der Waals surface area (Å²) in [7, 11) is 0. The molecule has 7 heterocycles. The standard InChI is InChI=1S/C33H35ClFN7O3/c1-17-11-33(7-3-8-41(33)13-17)16-45-32-38-29-26-30(39-32)42-18(2)6-9-43-14-20(42)15-44-31(26)37-28(27(29)35)25-21-12-36-40-23(21)10-22(34)24(25)19-4-5-19/h10,12,18-20H,1,3-9,11,13-16H2,2H3,(H,36,40)/t18-,20+,33+/m1/s1. The monoisotopic (exact) mass is 631 g/mol. The van der Waals surface area contributed by atoms with E-state index in [2.05, 4.69) is 33.5 Å². The summed E-state index contributed by atoms with van der Waals surface area (Å²) in [5.74, 6) is 0.551. The first kappa shape index (κ1) is 27.7. The van der Waals surface area contributed by atoms with Crippen LogP contribution in [0.4, 0.5) is 10.2 Å². The molecule has 1 saturated carbocycles. The number of benzene rings is 1. The molecule has 3 saturated heterocycles. The molecular formula is C33H35ClFN7O3. The molecule has 45 heavy (non-hydrogen) atoms. The predicted octanol–water partition coefficient (Wildman–Crippen LogP) is 5.79. The minimum absolute atomic E-state index is 0.0720. The van der Waals surface area contributed by atoms with Gasteiger partial charge in [-0.2, -0.15) is 15.1 Å². The fourth-order valence-electron chi connectivity index (χ4n) is 8.11. The van der Waals surface area contributed by atoms with Gasteiger partial charge in [-0.05, 0) is 69.5 Å². The largest absolute Gasteiger partial charge is 0.475 e. The first-order valence-corrected chi connectivity index (χ1v) is 16.4. The number of hydrogen-bond donors (Lipinski definition) is 1. The van der Waals surface area contributed by atoms with E-state index in [1.54, 1.807) is 6.20 Å². The summed E-state index contributed by atoms with van der Waals surface area (Å²) >= 11 is 6.85. The van der Waals surface area contributed by atoms with Crippen LogP contribution in [0, 0.1) is 5.82 Å². The van der Waals surface area contributed by atoms with Crippen molar-refractivity contribution in [2.75, 3.05) is 44.4 Å². The number of ether oxygens (including phenoxy) is 3. The molecule has 0 radical (unpaired) electrons. The van der Waals surface area contributed by atoms with Crippen molar-refractivity contribution in [3.8, 4) is 23.1 Å². The molecule has 3 aromatic heterocycles. The van der Waals surface area contributed by atoms with E-state index in [0.717, 1.165) is 68.1 Å². The molecule has 1 aromatic carbocycles. The summed E-state index contributed by atoms with van der Waals surface area (Å²) in [6, 6.07) is 1.95. The Hall–Kier alpha value is -3.54. The molecule has 10 nitrogen and oxygen atoms in total. The third kappa shape index (κ3) is 4.34. The van der Waals surface area contributed by atoms with E-state index in [0.29, 0.717) is 54.1 Å². The van der Waals surface area contributed by atoms with Gasteiger partial charge in [0.15, 0.2) is 5.82 Å². The van der Waals surface area contributed by atoms with Gasteiger partial charge in [-0.15, -0.1) is 0 Å². The number of aromatic nitrogens is 5. The van der Waals surface area contributed by atoms with Crippen molar-refractivity contribution in [2.24, 2.45) is 0 Å². The number of fused-ring (bicyclic) bond motifs is 4. The SMILES string of the molecule is C=C1CN2CCC[C@@]2(COc2nc3c4c(nc(-c5c(C6CC6)c(Cl)cc6[nH]ncc56)c(F)c4n2)OC[C@@H]2COCC[C@@H](C)N32)C1. The molecule has 12 heteroatoms. The van der Waals surface area contributed by atoms with E-state index in [4.69, 9.17) is 40.8 Å². The second-order valence-corrected chi connectivity index (χ2v) is 13.8. The molecule has 0 unspecified atom stereocenters. The lowest BCUT2D eigenvalue weighted by molar-refractivity contribution is 0.108. The molecule has 1 aliphatic carbocycles. The molecule has 5 aliphatic rings. The molecule has 4 aliphatic heterocycles. The smallest absolute Gasteiger partial charge is 0.319 e. The fraction of sp³-hybridized carbons (Fsp3) is 0.515. The molecule has 9 rings (SSSR count). The van der Waals surface area contributed by atoms with Crippen molar-refractivity contribution in [2.45, 2.75) is 69.0 Å². The molecule has 4 fully saturated rings. The number of H-pyrrole nitrogens is 1. The van der Waals surface area contributed by atoms with E-state index in [-0.39, 0.29) is 40.8 Å². The van der Waals surface area contributed by atoms with Crippen LogP contribution in [-0.4, -0.2) is 87.2 Å². The van der Waals surface area contributed by atoms with E-state index in [1.165, 1.54) is 5.57 Å². The van der Waals surface area contributed by atoms with Crippen LogP contribution in [0.3, 0.4) is 0 Å². The van der Waals surface area contributed by atoms with Crippen LogP contribution in [0.15, 0.2) is 24.4 Å². The van der Waals surface area contributed by atoms with Crippen LogP contribution in [0.2, 0.25) is 5.02 Å². The number of nitrogens with zero attached hydrogens (tertiary/aromatic N) is 6. The van der Waals surface area contributed by atoms with Gasteiger partial charge in [-0.25, -0.2) is 9.37 Å². The van der Waals surface area contributed by atoms with Crippen LogP contribution in [0.5, 0.6) is 11.9 Å². The lowest BCUT2D eigenvalue weighted by Crippen LogP contribution is -2.46. The van der Waals surface area contributed by atoms with Crippen molar-refractivity contribution in [1.82, 2.24) is 30.0 Å². The van der Waals surface area contributed by atoms with Gasteiger partial charge >= 0.3 is 6.01 Å². The highest BCUT2D eigenvalue weighted by atomic mass is 35.5. The van der Waals surface area contributed by atoms with E-state index >= 15 is 4.39 Å². The van der Waals surface area contributed by atoms with Gasteiger partial charge in [0.1, 0.15) is 35.6 Å². The minimum Gasteiger partial charge on any atom is -0.475 e. The first-order valence-electron chi connectivity index (χ1n) is 16.0. The maximum Gasteiger partial charge on any atom is 0.319 e. The zero-order valence-electron chi connectivity index (χ0n) is 25.2. The number of halogens is 2. The fourth-order valence-corrected chi connectivity index (χ4v) is 8.47. The van der Waals surface area contributed by atoms with Crippen LogP contribution in [0.1, 0.15) is 56.9 Å². The zero-order chi connectivity index (χ0) is 30.4. The summed E-state index contributed by atoms with van der Waals surface area (Å²) in [4.78, 5) is 19.3. The van der Waals surface area contributed by atoms with E-state index in [9.17, 15) is 0 Å². The Kier molecular flexibility index (Phi) is 6.31. The lowest BCUT2D eigenvalue weighted by atomic mass is 9.94. The van der Waals surface area contributed by atoms with Gasteiger partial charge in [0.05, 0.1) is 29.9 Å². The topological polar surface area (TPSA) is 102 Å². The van der Waals surface area contributed by atoms with Gasteiger partial charge in [-0.1, -0.05) is 23.8 Å². The second-order valence-electron chi connectivity index (χ2n) is 13.4. The molecule has 0 spiro atoms. The Morgan fingerprint density at radius 3 is 2.98 bits per heavy atom. The highest BCUT2D eigenvalue weighted by Crippen LogP contribution is 2.51. The van der Waals surface area contributed by atoms with Crippen LogP contribution < -0.4 is 14.4 Å². The van der Waals surface area contributed by atoms with Crippen LogP contribution in [-0.2, 0) is 4.74 Å². The highest BCUT2D eigenvalue weighted by Gasteiger charge is 2.47. The quantitative estimate of drug-likeness (QED) is 0.274. The summed E-state index contributed by atoms with van der Waals surface area (Å²) in [6.07, 6.45) is 7.50. The minimum atomic E-state index is -0.551. The van der Waals surface area contributed by atoms with Gasteiger partial charge < -0.3 is 19.1 Å². The van der Waals surface area contributed by atoms with Crippen LogP contribution in [0.25, 0.3) is 33.1 Å². The predicted molar refractivity (Wildman–Crippen MR) is 169 cm³/mol. The molecule has 0 bridgehead atoms. The number of anilines is 1. The van der Waals surface area contributed by atoms with Crippen molar-refractivity contribution >= 4 is 39.2 Å². The average molecular weight is 632 g/mol. The molecule has 4 aromatic rings. The molecule has 3 atom stereocenters. The Balaban J connectivity index is 1.25. The maximum absolute atomic E-state index is 17.2. The molecule has 0 amide bonds. The second kappa shape index (κ2) is 10.2. The average Bonchev–Trinajstić information content (AvgIpc) is 3.60. The van der Waals surface area contributed by atoms with E-state index in [1.807, 2.05) is 6.07 Å². The Morgan fingerprint density at radius 1 is 1.22 bits per heavy atom. The molecule has 1 N–H and O–H groups in total. The summed E-state index contributed by atoms with van der Waals surface area (Å²) in [6.45, 7) is 10.1. The third-order valence-corrected chi connectivity index (χ3v) is 10.7. The summed E-state index contributed by atoms with van der Waals surface area (Å²) in [5.41, 5.74) is 3.61. The number of aromatic amines is 1. The lowest BCUT2D eigenvalue weighted by Gasteiger charge is -2.34. The Labute approximate surface area is 264 Å². The third-order valence-electron chi connectivity index (χ3n) is 10.4. The summed E-state index contributed by atoms with van der Waals surface area (Å²) < 4.78 is 36.1. The maximum atomic E-state index is 17.2. The van der Waals surface area contributed by atoms with Gasteiger partial charge in [-0.3, -0.25) is 10.00 Å². The normalized spacial score (nSPS) is 26.6. The first-order chi connectivity index (χ1) is 21.9. The number of nitrogens with one attached hydrogen (secondary N) is 1. The Morgan fingerprint density at radius 2 is 2.11 bits per heavy atom.